The molecule has 0 amide bonds. The molecule has 5 rings (SSSR count). The number of rotatable bonds is 7. The van der Waals surface area contributed by atoms with E-state index in [4.69, 9.17) is 14.6 Å². The van der Waals surface area contributed by atoms with Gasteiger partial charge in [-0.1, -0.05) is 0 Å². The average Bonchev–Trinajstić information content (AvgIpc) is 3.53. The summed E-state index contributed by atoms with van der Waals surface area (Å²) >= 11 is 0. The first kappa shape index (κ1) is 21.4. The Morgan fingerprint density at radius 3 is 2.84 bits per heavy atom. The van der Waals surface area contributed by atoms with Crippen LogP contribution in [0, 0.1) is 0 Å². The Bertz CT molecular complexity index is 1050. The van der Waals surface area contributed by atoms with Crippen LogP contribution in [0.4, 0.5) is 5.95 Å². The van der Waals surface area contributed by atoms with E-state index in [1.54, 1.807) is 7.11 Å². The largest absolute Gasteiger partial charge is 0.393 e. The summed E-state index contributed by atoms with van der Waals surface area (Å²) in [5, 5.41) is 22.8. The van der Waals surface area contributed by atoms with Crippen LogP contribution < -0.4 is 5.32 Å². The van der Waals surface area contributed by atoms with Crippen molar-refractivity contribution >= 4 is 11.5 Å². The van der Waals surface area contributed by atoms with Crippen molar-refractivity contribution in [3.8, 4) is 11.1 Å². The summed E-state index contributed by atoms with van der Waals surface area (Å²) in [6.07, 6.45) is 10.3. The number of anilines is 1. The highest BCUT2D eigenvalue weighted by molar-refractivity contribution is 5.81. The Morgan fingerprint density at radius 1 is 1.25 bits per heavy atom. The fourth-order valence-corrected chi connectivity index (χ4v) is 4.89. The van der Waals surface area contributed by atoms with Gasteiger partial charge in [0.25, 0.3) is 0 Å². The van der Waals surface area contributed by atoms with Gasteiger partial charge >= 0.3 is 0 Å². The Hall–Kier alpha value is -2.49. The molecule has 2 N–H and O–H groups in total. The fourth-order valence-electron chi connectivity index (χ4n) is 4.89. The zero-order valence-electron chi connectivity index (χ0n) is 18.8. The predicted octanol–water partition coefficient (Wildman–Crippen LogP) is 3.02. The van der Waals surface area contributed by atoms with Gasteiger partial charge in [0.2, 0.25) is 5.95 Å². The van der Waals surface area contributed by atoms with Crippen LogP contribution in [-0.2, 0) is 9.47 Å². The molecule has 1 saturated carbocycles. The van der Waals surface area contributed by atoms with Crippen LogP contribution in [0.1, 0.15) is 56.7 Å². The van der Waals surface area contributed by atoms with Crippen molar-refractivity contribution in [1.29, 1.82) is 0 Å². The standard InChI is InChI=1S/C23H32N6O3/c1-15(13-31-2)26-23-24-11-22-20(17-10-25-28(12-17)18-7-8-32-14-18)9-21(29(22)27-23)16-3-5-19(30)6-4-16/h9-12,15-16,18-19,30H,3-8,13-14H2,1-2H3,(H,26,27)/t15-,16-,18-,19-/m0/s1. The Morgan fingerprint density at radius 2 is 2.09 bits per heavy atom. The van der Waals surface area contributed by atoms with E-state index in [2.05, 4.69) is 27.7 Å². The molecule has 0 unspecified atom stereocenters. The molecule has 1 aliphatic carbocycles. The maximum atomic E-state index is 10.00. The van der Waals surface area contributed by atoms with Gasteiger partial charge in [0.1, 0.15) is 0 Å². The third kappa shape index (κ3) is 4.24. The van der Waals surface area contributed by atoms with Gasteiger partial charge in [-0.3, -0.25) is 4.68 Å². The van der Waals surface area contributed by atoms with E-state index in [1.807, 2.05) is 28.5 Å². The van der Waals surface area contributed by atoms with Crippen molar-refractivity contribution in [3.63, 3.8) is 0 Å². The molecule has 0 spiro atoms. The molecule has 3 aromatic rings. The normalized spacial score (nSPS) is 24.8. The van der Waals surface area contributed by atoms with Crippen LogP contribution in [0.3, 0.4) is 0 Å². The van der Waals surface area contributed by atoms with Crippen LogP contribution in [0.2, 0.25) is 0 Å². The van der Waals surface area contributed by atoms with E-state index in [-0.39, 0.29) is 12.1 Å². The van der Waals surface area contributed by atoms with Gasteiger partial charge in [0.05, 0.1) is 43.3 Å². The lowest BCUT2D eigenvalue weighted by Crippen LogP contribution is -2.23. The maximum absolute atomic E-state index is 10.00. The van der Waals surface area contributed by atoms with E-state index < -0.39 is 0 Å². The lowest BCUT2D eigenvalue weighted by atomic mass is 9.85. The molecule has 1 saturated heterocycles. The highest BCUT2D eigenvalue weighted by atomic mass is 16.5. The summed E-state index contributed by atoms with van der Waals surface area (Å²) in [7, 11) is 1.69. The number of hydrogen-bond acceptors (Lipinski definition) is 7. The third-order valence-corrected chi connectivity index (χ3v) is 6.64. The summed E-state index contributed by atoms with van der Waals surface area (Å²) in [4.78, 5) is 4.58. The van der Waals surface area contributed by atoms with Crippen LogP contribution >= 0.6 is 0 Å². The molecular weight excluding hydrogens is 408 g/mol. The molecule has 2 atom stereocenters. The molecule has 2 aliphatic rings. The van der Waals surface area contributed by atoms with E-state index in [9.17, 15) is 5.11 Å². The van der Waals surface area contributed by atoms with Gasteiger partial charge in [0.15, 0.2) is 0 Å². The maximum Gasteiger partial charge on any atom is 0.241 e. The van der Waals surface area contributed by atoms with Crippen LogP contribution in [0.5, 0.6) is 0 Å². The van der Waals surface area contributed by atoms with Gasteiger partial charge < -0.3 is 19.9 Å². The lowest BCUT2D eigenvalue weighted by Gasteiger charge is -2.25. The first-order valence-electron chi connectivity index (χ1n) is 11.6. The molecular formula is C23H32N6O3. The van der Waals surface area contributed by atoms with Gasteiger partial charge in [0, 0.05) is 48.7 Å². The molecule has 3 aromatic heterocycles. The van der Waals surface area contributed by atoms with Crippen LogP contribution in [0.15, 0.2) is 24.7 Å². The second-order valence-corrected chi connectivity index (χ2v) is 9.09. The quantitative estimate of drug-likeness (QED) is 0.583. The number of fused-ring (bicyclic) bond motifs is 1. The van der Waals surface area contributed by atoms with Crippen molar-refractivity contribution in [1.82, 2.24) is 24.4 Å². The summed E-state index contributed by atoms with van der Waals surface area (Å²) in [6, 6.07) is 2.64. The minimum Gasteiger partial charge on any atom is -0.393 e. The van der Waals surface area contributed by atoms with Crippen molar-refractivity contribution in [3.05, 3.63) is 30.4 Å². The zero-order chi connectivity index (χ0) is 22.1. The van der Waals surface area contributed by atoms with Crippen molar-refractivity contribution in [2.45, 2.75) is 63.1 Å². The summed E-state index contributed by atoms with van der Waals surface area (Å²) in [5.41, 5.74) is 4.29. The number of hydrogen-bond donors (Lipinski definition) is 2. The van der Waals surface area contributed by atoms with E-state index in [0.29, 0.717) is 31.1 Å². The molecule has 1 aliphatic heterocycles. The Labute approximate surface area is 187 Å². The van der Waals surface area contributed by atoms with Crippen molar-refractivity contribution in [2.24, 2.45) is 0 Å². The second kappa shape index (κ2) is 9.17. The molecule has 0 bridgehead atoms. The van der Waals surface area contributed by atoms with E-state index in [1.165, 1.54) is 5.69 Å². The SMILES string of the molecule is COC[C@H](C)Nc1ncc2c(-c3cnn([C@H]4CCOC4)c3)cc([C@H]3CC[C@H](O)CC3)n2n1. The second-order valence-electron chi connectivity index (χ2n) is 9.09. The van der Waals surface area contributed by atoms with E-state index in [0.717, 1.165) is 55.4 Å². The molecule has 0 aromatic carbocycles. The van der Waals surface area contributed by atoms with Gasteiger partial charge in [-0.15, -0.1) is 5.10 Å². The number of methoxy groups -OCH3 is 1. The van der Waals surface area contributed by atoms with Gasteiger partial charge in [-0.2, -0.15) is 5.10 Å². The van der Waals surface area contributed by atoms with Crippen molar-refractivity contribution in [2.75, 3.05) is 32.2 Å². The summed E-state index contributed by atoms with van der Waals surface area (Å²) < 4.78 is 14.8. The first-order valence-corrected chi connectivity index (χ1v) is 11.6. The van der Waals surface area contributed by atoms with Crippen molar-refractivity contribution < 1.29 is 14.6 Å². The summed E-state index contributed by atoms with van der Waals surface area (Å²) in [5.74, 6) is 0.942. The number of aliphatic hydroxyl groups excluding tert-OH is 1. The molecule has 9 heteroatoms. The topological polar surface area (TPSA) is 98.7 Å². The predicted molar refractivity (Wildman–Crippen MR) is 121 cm³/mol. The highest BCUT2D eigenvalue weighted by Crippen LogP contribution is 2.37. The molecule has 172 valence electrons. The Balaban J connectivity index is 1.52. The van der Waals surface area contributed by atoms with Crippen LogP contribution in [0.25, 0.3) is 16.6 Å². The molecule has 0 radical (unpaired) electrons. The smallest absolute Gasteiger partial charge is 0.241 e. The van der Waals surface area contributed by atoms with Crippen LogP contribution in [-0.4, -0.2) is 68.6 Å². The molecule has 32 heavy (non-hydrogen) atoms. The molecule has 4 heterocycles. The minimum atomic E-state index is -0.189. The van der Waals surface area contributed by atoms with Gasteiger partial charge in [-0.25, -0.2) is 9.50 Å². The number of ether oxygens (including phenoxy) is 2. The monoisotopic (exact) mass is 440 g/mol. The lowest BCUT2D eigenvalue weighted by molar-refractivity contribution is 0.121. The van der Waals surface area contributed by atoms with Gasteiger partial charge in [-0.05, 0) is 45.1 Å². The zero-order valence-corrected chi connectivity index (χ0v) is 18.8. The highest BCUT2D eigenvalue weighted by Gasteiger charge is 2.26. The molecule has 9 nitrogen and oxygen atoms in total. The number of nitrogens with zero attached hydrogens (tertiary/aromatic N) is 5. The average molecular weight is 441 g/mol. The third-order valence-electron chi connectivity index (χ3n) is 6.64. The molecule has 2 fully saturated rings. The first-order chi connectivity index (χ1) is 15.6. The Kier molecular flexibility index (Phi) is 6.12. The summed E-state index contributed by atoms with van der Waals surface area (Å²) in [6.45, 7) is 4.13. The number of nitrogens with one attached hydrogen (secondary N) is 1. The fraction of sp³-hybridized carbons (Fsp3) is 0.609. The van der Waals surface area contributed by atoms with E-state index >= 15 is 0 Å². The minimum absolute atomic E-state index is 0.104. The number of aromatic nitrogens is 5. The number of aliphatic hydroxyl groups is 1.